The molecule has 0 spiro atoms. The largest absolute Gasteiger partial charge is 0.487 e. The average Bonchev–Trinajstić information content (AvgIpc) is 3.64. The molecule has 2 aliphatic carbocycles. The van der Waals surface area contributed by atoms with E-state index in [1.54, 1.807) is 0 Å². The van der Waals surface area contributed by atoms with Crippen LogP contribution in [0.25, 0.3) is 22.3 Å². The summed E-state index contributed by atoms with van der Waals surface area (Å²) in [6.07, 6.45) is 1.65. The van der Waals surface area contributed by atoms with E-state index in [1.165, 1.54) is 24.6 Å². The van der Waals surface area contributed by atoms with Gasteiger partial charge in [0.25, 0.3) is 0 Å². The Morgan fingerprint density at radius 3 is 1.64 bits per heavy atom. The maximum Gasteiger partial charge on any atom is 0.407 e. The molecule has 0 aliphatic heterocycles. The summed E-state index contributed by atoms with van der Waals surface area (Å²) in [5.74, 6) is -0.449. The fourth-order valence-electron chi connectivity index (χ4n) is 6.86. The number of ether oxygens (including phenoxy) is 3. The molecule has 1 unspecified atom stereocenters. The summed E-state index contributed by atoms with van der Waals surface area (Å²) in [4.78, 5) is 42.8. The minimum absolute atomic E-state index is 0.0170. The number of alkyl carbamates (subject to hydrolysis) is 2. The molecule has 0 radical (unpaired) electrons. The van der Waals surface area contributed by atoms with Gasteiger partial charge in [-0.2, -0.15) is 0 Å². The molecule has 258 valence electrons. The predicted octanol–water partition coefficient (Wildman–Crippen LogP) is 6.39. The van der Waals surface area contributed by atoms with Gasteiger partial charge in [-0.15, -0.1) is 0 Å². The summed E-state index contributed by atoms with van der Waals surface area (Å²) in [5.41, 5.74) is 9.14. The molecule has 10 nitrogen and oxygen atoms in total. The Morgan fingerprint density at radius 1 is 0.660 bits per heavy atom. The number of nitrogens with one attached hydrogen (secondary N) is 3. The van der Waals surface area contributed by atoms with E-state index in [9.17, 15) is 14.4 Å². The number of unbranched alkanes of at least 4 members (excludes halogenated alkanes) is 1. The van der Waals surface area contributed by atoms with Crippen LogP contribution in [-0.2, 0) is 19.0 Å². The summed E-state index contributed by atoms with van der Waals surface area (Å²) in [6.45, 7) is 1.36. The Labute approximate surface area is 292 Å². The first-order chi connectivity index (χ1) is 24.5. The highest BCUT2D eigenvalue weighted by atomic mass is 16.6. The SMILES string of the molecule is COC=NCCNC(=O)C(CCCCNC(=O)OCC1c2ccccc2-c2ccccc21)NC(=O)OCC1c2ccccc2-c2ccccc21. The monoisotopic (exact) mass is 674 g/mol. The van der Waals surface area contributed by atoms with E-state index in [0.717, 1.165) is 33.4 Å². The van der Waals surface area contributed by atoms with Crippen LogP contribution in [0.5, 0.6) is 0 Å². The first-order valence-electron chi connectivity index (χ1n) is 17.0. The van der Waals surface area contributed by atoms with Crippen molar-refractivity contribution in [3.63, 3.8) is 0 Å². The van der Waals surface area contributed by atoms with Crippen LogP contribution in [0.3, 0.4) is 0 Å². The highest BCUT2D eigenvalue weighted by Crippen LogP contribution is 2.45. The van der Waals surface area contributed by atoms with Gasteiger partial charge in [0.1, 0.15) is 19.3 Å². The number of amides is 3. The van der Waals surface area contributed by atoms with Crippen molar-refractivity contribution < 1.29 is 28.6 Å². The molecular weight excluding hydrogens is 632 g/mol. The third kappa shape index (κ3) is 7.97. The molecule has 0 fully saturated rings. The van der Waals surface area contributed by atoms with Crippen LogP contribution in [-0.4, -0.2) is 70.5 Å². The third-order valence-corrected chi connectivity index (χ3v) is 9.20. The zero-order valence-corrected chi connectivity index (χ0v) is 28.1. The van der Waals surface area contributed by atoms with Crippen molar-refractivity contribution in [3.05, 3.63) is 119 Å². The molecule has 50 heavy (non-hydrogen) atoms. The average molecular weight is 675 g/mol. The molecule has 0 aromatic heterocycles. The molecule has 0 saturated carbocycles. The number of hydrogen-bond donors (Lipinski definition) is 3. The zero-order valence-electron chi connectivity index (χ0n) is 28.1. The lowest BCUT2D eigenvalue weighted by molar-refractivity contribution is -0.123. The van der Waals surface area contributed by atoms with Gasteiger partial charge in [-0.05, 0) is 63.8 Å². The molecule has 0 saturated heterocycles. The third-order valence-electron chi connectivity index (χ3n) is 9.20. The fraction of sp³-hybridized carbons (Fsp3) is 0.300. The topological polar surface area (TPSA) is 127 Å². The lowest BCUT2D eigenvalue weighted by atomic mass is 9.98. The van der Waals surface area contributed by atoms with E-state index in [-0.39, 0.29) is 37.5 Å². The summed E-state index contributed by atoms with van der Waals surface area (Å²) < 4.78 is 16.1. The summed E-state index contributed by atoms with van der Waals surface area (Å²) >= 11 is 0. The Hall–Kier alpha value is -5.64. The van der Waals surface area contributed by atoms with Crippen molar-refractivity contribution in [2.75, 3.05) is 40.0 Å². The molecular formula is C40H42N4O6. The molecule has 0 heterocycles. The van der Waals surface area contributed by atoms with Gasteiger partial charge in [0.15, 0.2) is 6.40 Å². The van der Waals surface area contributed by atoms with E-state index >= 15 is 0 Å². The summed E-state index contributed by atoms with van der Waals surface area (Å²) in [5, 5.41) is 8.40. The van der Waals surface area contributed by atoms with Crippen LogP contribution in [0.4, 0.5) is 9.59 Å². The summed E-state index contributed by atoms with van der Waals surface area (Å²) in [7, 11) is 1.50. The number of rotatable bonds is 15. The van der Waals surface area contributed by atoms with Crippen molar-refractivity contribution in [2.24, 2.45) is 4.99 Å². The van der Waals surface area contributed by atoms with Gasteiger partial charge in [-0.25, -0.2) is 9.59 Å². The molecule has 3 N–H and O–H groups in total. The van der Waals surface area contributed by atoms with Crippen LogP contribution < -0.4 is 16.0 Å². The van der Waals surface area contributed by atoms with Crippen LogP contribution >= 0.6 is 0 Å². The van der Waals surface area contributed by atoms with Crippen molar-refractivity contribution in [1.29, 1.82) is 0 Å². The lowest BCUT2D eigenvalue weighted by Crippen LogP contribution is -2.47. The van der Waals surface area contributed by atoms with Crippen LogP contribution in [0, 0.1) is 0 Å². The van der Waals surface area contributed by atoms with E-state index in [4.69, 9.17) is 14.2 Å². The second-order valence-corrected chi connectivity index (χ2v) is 12.3. The van der Waals surface area contributed by atoms with Crippen molar-refractivity contribution in [3.8, 4) is 22.3 Å². The number of carbonyl (C=O) groups is 3. The molecule has 1 atom stereocenters. The zero-order chi connectivity index (χ0) is 34.7. The molecule has 6 rings (SSSR count). The Morgan fingerprint density at radius 2 is 1.14 bits per heavy atom. The van der Waals surface area contributed by atoms with E-state index < -0.39 is 18.2 Å². The van der Waals surface area contributed by atoms with E-state index in [2.05, 4.69) is 69.5 Å². The standard InChI is InChI=1S/C40H42N4O6/c1-48-26-41-22-23-42-38(45)37(44-40(47)50-25-36-33-18-8-4-14-29(33)30-15-5-9-19-34(30)36)20-10-11-21-43-39(46)49-24-35-31-16-6-2-12-27(31)28-13-3-7-17-32(28)35/h2-9,12-19,26,35-37H,10-11,20-25H2,1H3,(H,42,45)(H,43,46)(H,44,47). The Balaban J connectivity index is 0.976. The van der Waals surface area contributed by atoms with E-state index in [0.29, 0.717) is 32.4 Å². The van der Waals surface area contributed by atoms with Gasteiger partial charge < -0.3 is 30.2 Å². The number of carbonyl (C=O) groups excluding carboxylic acids is 3. The van der Waals surface area contributed by atoms with Crippen LogP contribution in [0.15, 0.2) is 102 Å². The molecule has 3 amide bonds. The maximum absolute atomic E-state index is 13.1. The first kappa shape index (κ1) is 34.2. The smallest absolute Gasteiger partial charge is 0.407 e. The highest BCUT2D eigenvalue weighted by Gasteiger charge is 2.31. The number of methoxy groups -OCH3 is 1. The van der Waals surface area contributed by atoms with Crippen molar-refractivity contribution in [2.45, 2.75) is 37.1 Å². The Kier molecular flexibility index (Phi) is 11.4. The minimum Gasteiger partial charge on any atom is -0.487 e. The number of nitrogens with zero attached hydrogens (tertiary/aromatic N) is 1. The van der Waals surface area contributed by atoms with Gasteiger partial charge in [0.05, 0.1) is 13.7 Å². The van der Waals surface area contributed by atoms with Gasteiger partial charge in [-0.3, -0.25) is 9.79 Å². The van der Waals surface area contributed by atoms with Crippen LogP contribution in [0.1, 0.15) is 53.4 Å². The summed E-state index contributed by atoms with van der Waals surface area (Å²) in [6, 6.07) is 31.8. The molecule has 4 aromatic rings. The first-order valence-corrected chi connectivity index (χ1v) is 17.0. The van der Waals surface area contributed by atoms with Gasteiger partial charge in [-0.1, -0.05) is 97.1 Å². The second-order valence-electron chi connectivity index (χ2n) is 12.3. The Bertz CT molecular complexity index is 1750. The number of fused-ring (bicyclic) bond motifs is 6. The quantitative estimate of drug-likeness (QED) is 0.0762. The number of benzene rings is 4. The predicted molar refractivity (Wildman–Crippen MR) is 192 cm³/mol. The number of aliphatic imine (C=N–C) groups is 1. The van der Waals surface area contributed by atoms with Gasteiger partial charge in [0.2, 0.25) is 5.91 Å². The normalized spacial score (nSPS) is 13.5. The van der Waals surface area contributed by atoms with Crippen molar-refractivity contribution in [1.82, 2.24) is 16.0 Å². The lowest BCUT2D eigenvalue weighted by Gasteiger charge is -2.20. The van der Waals surface area contributed by atoms with Crippen LogP contribution in [0.2, 0.25) is 0 Å². The minimum atomic E-state index is -0.827. The van der Waals surface area contributed by atoms with E-state index in [1.807, 2.05) is 48.5 Å². The molecule has 2 aliphatic rings. The van der Waals surface area contributed by atoms with Gasteiger partial charge >= 0.3 is 12.2 Å². The number of hydrogen-bond acceptors (Lipinski definition) is 7. The maximum atomic E-state index is 13.1. The van der Waals surface area contributed by atoms with Gasteiger partial charge in [0, 0.05) is 24.9 Å². The van der Waals surface area contributed by atoms with Crippen molar-refractivity contribution >= 4 is 24.5 Å². The molecule has 10 heteroatoms. The molecule has 0 bridgehead atoms. The highest BCUT2D eigenvalue weighted by molar-refractivity contribution is 5.86. The fourth-order valence-corrected chi connectivity index (χ4v) is 6.86. The second kappa shape index (κ2) is 16.6. The molecule has 4 aromatic carbocycles.